The zero-order valence-corrected chi connectivity index (χ0v) is 13.7. The van der Waals surface area contributed by atoms with Crippen molar-refractivity contribution in [1.29, 1.82) is 0 Å². The predicted octanol–water partition coefficient (Wildman–Crippen LogP) is 3.50. The number of nitrogens with one attached hydrogen (secondary N) is 2. The van der Waals surface area contributed by atoms with Crippen molar-refractivity contribution in [3.63, 3.8) is 0 Å². The van der Waals surface area contributed by atoms with E-state index in [1.807, 2.05) is 24.3 Å². The number of nitrogens with zero attached hydrogens (tertiary/aromatic N) is 1. The van der Waals surface area contributed by atoms with Crippen LogP contribution < -0.4 is 15.5 Å². The summed E-state index contributed by atoms with van der Waals surface area (Å²) in [6.45, 7) is 3.66. The summed E-state index contributed by atoms with van der Waals surface area (Å²) in [7, 11) is 0. The smallest absolute Gasteiger partial charge is 0.255 e. The molecule has 0 bridgehead atoms. The summed E-state index contributed by atoms with van der Waals surface area (Å²) < 4.78 is 0. The van der Waals surface area contributed by atoms with E-state index in [4.69, 9.17) is 0 Å². The van der Waals surface area contributed by atoms with Crippen LogP contribution in [0.25, 0.3) is 0 Å². The fourth-order valence-electron chi connectivity index (χ4n) is 2.84. The lowest BCUT2D eigenvalue weighted by molar-refractivity contribution is -0.114. The molecule has 1 saturated heterocycles. The molecule has 0 unspecified atom stereocenters. The van der Waals surface area contributed by atoms with Crippen LogP contribution in [0.2, 0.25) is 0 Å². The van der Waals surface area contributed by atoms with Crippen LogP contribution in [0.5, 0.6) is 0 Å². The molecule has 1 aliphatic rings. The van der Waals surface area contributed by atoms with Crippen LogP contribution in [-0.2, 0) is 4.79 Å². The molecule has 0 spiro atoms. The third-order valence-electron chi connectivity index (χ3n) is 4.06. The van der Waals surface area contributed by atoms with Gasteiger partial charge in [0.1, 0.15) is 0 Å². The molecular weight excluding hydrogens is 302 g/mol. The Morgan fingerprint density at radius 1 is 0.833 bits per heavy atom. The van der Waals surface area contributed by atoms with Crippen LogP contribution >= 0.6 is 0 Å². The molecule has 124 valence electrons. The number of amides is 2. The molecule has 1 aliphatic heterocycles. The molecular formula is C19H21N3O2. The Morgan fingerprint density at radius 2 is 1.38 bits per heavy atom. The topological polar surface area (TPSA) is 61.4 Å². The van der Waals surface area contributed by atoms with Crippen LogP contribution in [-0.4, -0.2) is 24.9 Å². The molecule has 2 amide bonds. The third kappa shape index (κ3) is 3.93. The van der Waals surface area contributed by atoms with E-state index >= 15 is 0 Å². The Hall–Kier alpha value is -2.82. The van der Waals surface area contributed by atoms with Crippen LogP contribution in [0.15, 0.2) is 48.5 Å². The highest BCUT2D eigenvalue weighted by Crippen LogP contribution is 2.22. The summed E-state index contributed by atoms with van der Waals surface area (Å²) >= 11 is 0. The molecule has 3 rings (SSSR count). The number of anilines is 3. The fraction of sp³-hybridized carbons (Fsp3) is 0.263. The first-order chi connectivity index (χ1) is 11.6. The third-order valence-corrected chi connectivity index (χ3v) is 4.06. The van der Waals surface area contributed by atoms with Gasteiger partial charge in [0.25, 0.3) is 5.91 Å². The highest BCUT2D eigenvalue weighted by molar-refractivity contribution is 6.04. The van der Waals surface area contributed by atoms with E-state index in [-0.39, 0.29) is 11.8 Å². The number of benzene rings is 2. The Kier molecular flexibility index (Phi) is 4.79. The second-order valence-electron chi connectivity index (χ2n) is 5.95. The van der Waals surface area contributed by atoms with Crippen molar-refractivity contribution in [1.82, 2.24) is 0 Å². The van der Waals surface area contributed by atoms with Gasteiger partial charge in [-0.25, -0.2) is 0 Å². The van der Waals surface area contributed by atoms with Crippen LogP contribution in [0.1, 0.15) is 30.1 Å². The number of hydrogen-bond donors (Lipinski definition) is 2. The normalized spacial score (nSPS) is 13.6. The Balaban J connectivity index is 1.62. The molecule has 0 radical (unpaired) electrons. The molecule has 2 aromatic carbocycles. The molecule has 0 saturated carbocycles. The Morgan fingerprint density at radius 3 is 1.96 bits per heavy atom. The summed E-state index contributed by atoms with van der Waals surface area (Å²) in [5.74, 6) is -0.302. The fourth-order valence-corrected chi connectivity index (χ4v) is 2.84. The van der Waals surface area contributed by atoms with Crippen LogP contribution in [0.3, 0.4) is 0 Å². The minimum Gasteiger partial charge on any atom is -0.372 e. The van der Waals surface area contributed by atoms with Crippen molar-refractivity contribution in [3.8, 4) is 0 Å². The molecule has 0 aromatic heterocycles. The van der Waals surface area contributed by atoms with Gasteiger partial charge in [0.15, 0.2) is 0 Å². The van der Waals surface area contributed by atoms with Gasteiger partial charge < -0.3 is 15.5 Å². The van der Waals surface area contributed by atoms with E-state index in [0.717, 1.165) is 18.8 Å². The van der Waals surface area contributed by atoms with Crippen molar-refractivity contribution in [2.75, 3.05) is 28.6 Å². The maximum atomic E-state index is 12.3. The molecule has 24 heavy (non-hydrogen) atoms. The SMILES string of the molecule is CC(=O)Nc1ccc(C(=O)Nc2ccc(N3CCCC3)cc2)cc1. The van der Waals surface area contributed by atoms with Gasteiger partial charge in [-0.1, -0.05) is 0 Å². The van der Waals surface area contributed by atoms with Crippen molar-refractivity contribution < 1.29 is 9.59 Å². The molecule has 0 aliphatic carbocycles. The minimum absolute atomic E-state index is 0.134. The molecule has 5 heteroatoms. The van der Waals surface area contributed by atoms with E-state index in [9.17, 15) is 9.59 Å². The number of carbonyl (C=O) groups is 2. The van der Waals surface area contributed by atoms with Crippen molar-refractivity contribution >= 4 is 28.9 Å². The van der Waals surface area contributed by atoms with Gasteiger partial charge in [-0.2, -0.15) is 0 Å². The first kappa shape index (κ1) is 16.1. The molecule has 5 nitrogen and oxygen atoms in total. The Labute approximate surface area is 141 Å². The average molecular weight is 323 g/mol. The zero-order valence-electron chi connectivity index (χ0n) is 13.7. The van der Waals surface area contributed by atoms with E-state index in [1.54, 1.807) is 24.3 Å². The average Bonchev–Trinajstić information content (AvgIpc) is 3.10. The summed E-state index contributed by atoms with van der Waals surface area (Å²) in [6, 6.07) is 14.8. The summed E-state index contributed by atoms with van der Waals surface area (Å²) in [4.78, 5) is 25.6. The largest absolute Gasteiger partial charge is 0.372 e. The highest BCUT2D eigenvalue weighted by atomic mass is 16.2. The number of hydrogen-bond acceptors (Lipinski definition) is 3. The van der Waals surface area contributed by atoms with Crippen molar-refractivity contribution in [3.05, 3.63) is 54.1 Å². The first-order valence-corrected chi connectivity index (χ1v) is 8.16. The lowest BCUT2D eigenvalue weighted by Gasteiger charge is -2.17. The van der Waals surface area contributed by atoms with Gasteiger partial charge >= 0.3 is 0 Å². The van der Waals surface area contributed by atoms with E-state index in [0.29, 0.717) is 11.3 Å². The molecule has 1 fully saturated rings. The van der Waals surface area contributed by atoms with Gasteiger partial charge in [-0.15, -0.1) is 0 Å². The highest BCUT2D eigenvalue weighted by Gasteiger charge is 2.12. The van der Waals surface area contributed by atoms with Gasteiger partial charge in [0.2, 0.25) is 5.91 Å². The monoisotopic (exact) mass is 323 g/mol. The quantitative estimate of drug-likeness (QED) is 0.905. The molecule has 1 heterocycles. The zero-order chi connectivity index (χ0) is 16.9. The summed E-state index contributed by atoms with van der Waals surface area (Å²) in [5, 5.41) is 5.57. The number of rotatable bonds is 4. The van der Waals surface area contributed by atoms with Crippen molar-refractivity contribution in [2.45, 2.75) is 19.8 Å². The lowest BCUT2D eigenvalue weighted by atomic mass is 10.2. The standard InChI is InChI=1S/C19H21N3O2/c1-14(23)20-16-6-4-15(5-7-16)19(24)21-17-8-10-18(11-9-17)22-12-2-3-13-22/h4-11H,2-3,12-13H2,1H3,(H,20,23)(H,21,24). The Bertz CT molecular complexity index is 717. The second kappa shape index (κ2) is 7.17. The van der Waals surface area contributed by atoms with Gasteiger partial charge in [-0.05, 0) is 61.4 Å². The minimum atomic E-state index is -0.168. The van der Waals surface area contributed by atoms with E-state index in [1.165, 1.54) is 25.5 Å². The van der Waals surface area contributed by atoms with Crippen molar-refractivity contribution in [2.24, 2.45) is 0 Å². The summed E-state index contributed by atoms with van der Waals surface area (Å²) in [6.07, 6.45) is 2.49. The maximum Gasteiger partial charge on any atom is 0.255 e. The van der Waals surface area contributed by atoms with E-state index < -0.39 is 0 Å². The molecule has 2 aromatic rings. The second-order valence-corrected chi connectivity index (χ2v) is 5.95. The summed E-state index contributed by atoms with van der Waals surface area (Å²) in [5.41, 5.74) is 3.20. The van der Waals surface area contributed by atoms with Gasteiger partial charge in [0.05, 0.1) is 0 Å². The van der Waals surface area contributed by atoms with Gasteiger partial charge in [0, 0.05) is 42.6 Å². The van der Waals surface area contributed by atoms with Crippen LogP contribution in [0, 0.1) is 0 Å². The molecule has 2 N–H and O–H groups in total. The predicted molar refractivity (Wildman–Crippen MR) is 96.6 cm³/mol. The first-order valence-electron chi connectivity index (χ1n) is 8.16. The lowest BCUT2D eigenvalue weighted by Crippen LogP contribution is -2.17. The van der Waals surface area contributed by atoms with Gasteiger partial charge in [-0.3, -0.25) is 9.59 Å². The molecule has 0 atom stereocenters. The van der Waals surface area contributed by atoms with Crippen LogP contribution in [0.4, 0.5) is 17.1 Å². The van der Waals surface area contributed by atoms with E-state index in [2.05, 4.69) is 15.5 Å². The number of carbonyl (C=O) groups excluding carboxylic acids is 2. The maximum absolute atomic E-state index is 12.3.